The van der Waals surface area contributed by atoms with E-state index in [0.717, 1.165) is 18.4 Å². The van der Waals surface area contributed by atoms with Crippen molar-refractivity contribution in [2.45, 2.75) is 18.9 Å². The van der Waals surface area contributed by atoms with Crippen molar-refractivity contribution in [3.05, 3.63) is 42.2 Å². The summed E-state index contributed by atoms with van der Waals surface area (Å²) in [5, 5.41) is 10.0. The molecule has 4 rings (SSSR count). The standard InChI is InChI=1S/C15H16N2O2/c18-13-9-17(10-15(13)4-5-15)14(19)11-7-12-3-1-2-6-16(12)8-11/h1-3,6-8,13,18H,4-5,9-10H2. The lowest BCUT2D eigenvalue weighted by Crippen LogP contribution is -2.29. The van der Waals surface area contributed by atoms with Gasteiger partial charge in [-0.15, -0.1) is 0 Å². The Hall–Kier alpha value is -1.81. The van der Waals surface area contributed by atoms with Crippen LogP contribution in [0.25, 0.3) is 5.52 Å². The number of β-amino-alcohol motifs (C(OH)–C–C–N with tert-alkyl or cyclic N) is 1. The fourth-order valence-electron chi connectivity index (χ4n) is 3.11. The maximum atomic E-state index is 12.5. The van der Waals surface area contributed by atoms with Crippen LogP contribution in [-0.2, 0) is 0 Å². The highest BCUT2D eigenvalue weighted by Crippen LogP contribution is 2.52. The fourth-order valence-corrected chi connectivity index (χ4v) is 3.11. The van der Waals surface area contributed by atoms with Crippen LogP contribution in [-0.4, -0.2) is 39.5 Å². The van der Waals surface area contributed by atoms with Crippen molar-refractivity contribution in [2.75, 3.05) is 13.1 Å². The molecule has 4 nitrogen and oxygen atoms in total. The van der Waals surface area contributed by atoms with Crippen LogP contribution in [0.5, 0.6) is 0 Å². The van der Waals surface area contributed by atoms with Gasteiger partial charge in [-0.2, -0.15) is 0 Å². The number of hydrogen-bond donors (Lipinski definition) is 1. The monoisotopic (exact) mass is 256 g/mol. The molecule has 2 fully saturated rings. The molecule has 3 heterocycles. The van der Waals surface area contributed by atoms with Gasteiger partial charge in [0.2, 0.25) is 0 Å². The molecule has 2 aromatic rings. The van der Waals surface area contributed by atoms with Gasteiger partial charge in [0, 0.05) is 36.4 Å². The highest BCUT2D eigenvalue weighted by Gasteiger charge is 2.55. The Bertz CT molecular complexity index is 624. The second-order valence-corrected chi connectivity index (χ2v) is 5.83. The van der Waals surface area contributed by atoms with E-state index in [1.165, 1.54) is 0 Å². The molecule has 1 saturated carbocycles. The summed E-state index contributed by atoms with van der Waals surface area (Å²) < 4.78 is 1.95. The molecular formula is C15H16N2O2. The van der Waals surface area contributed by atoms with Crippen molar-refractivity contribution < 1.29 is 9.90 Å². The number of aliphatic hydroxyl groups is 1. The maximum Gasteiger partial charge on any atom is 0.255 e. The van der Waals surface area contributed by atoms with Crippen LogP contribution in [0.4, 0.5) is 0 Å². The first-order valence-corrected chi connectivity index (χ1v) is 6.72. The van der Waals surface area contributed by atoms with Gasteiger partial charge in [0.05, 0.1) is 11.7 Å². The summed E-state index contributed by atoms with van der Waals surface area (Å²) in [7, 11) is 0. The first-order valence-electron chi connectivity index (χ1n) is 6.72. The molecule has 0 aromatic carbocycles. The first kappa shape index (κ1) is 11.1. The molecule has 2 aromatic heterocycles. The minimum atomic E-state index is -0.339. The minimum Gasteiger partial charge on any atom is -0.391 e. The zero-order chi connectivity index (χ0) is 13.0. The van der Waals surface area contributed by atoms with Gasteiger partial charge in [0.25, 0.3) is 5.91 Å². The van der Waals surface area contributed by atoms with Crippen molar-refractivity contribution in [1.82, 2.24) is 9.30 Å². The van der Waals surface area contributed by atoms with E-state index >= 15 is 0 Å². The lowest BCUT2D eigenvalue weighted by molar-refractivity contribution is 0.0764. The van der Waals surface area contributed by atoms with E-state index in [9.17, 15) is 9.90 Å². The van der Waals surface area contributed by atoms with Gasteiger partial charge in [-0.25, -0.2) is 0 Å². The Kier molecular flexibility index (Phi) is 2.10. The van der Waals surface area contributed by atoms with Crippen molar-refractivity contribution >= 4 is 11.4 Å². The fraction of sp³-hybridized carbons (Fsp3) is 0.400. The molecule has 98 valence electrons. The second kappa shape index (κ2) is 3.61. The Morgan fingerprint density at radius 1 is 1.37 bits per heavy atom. The van der Waals surface area contributed by atoms with Crippen LogP contribution in [0.15, 0.2) is 36.7 Å². The molecule has 1 amide bonds. The summed E-state index contributed by atoms with van der Waals surface area (Å²) in [6.07, 6.45) is 5.56. The molecule has 2 aliphatic rings. The normalized spacial score (nSPS) is 24.3. The number of hydrogen-bond acceptors (Lipinski definition) is 2. The summed E-state index contributed by atoms with van der Waals surface area (Å²) in [4.78, 5) is 14.3. The molecule has 1 aliphatic heterocycles. The summed E-state index contributed by atoms with van der Waals surface area (Å²) in [5.41, 5.74) is 1.75. The van der Waals surface area contributed by atoms with Crippen LogP contribution >= 0.6 is 0 Å². The van der Waals surface area contributed by atoms with E-state index in [1.54, 1.807) is 4.90 Å². The van der Waals surface area contributed by atoms with Gasteiger partial charge in [-0.05, 0) is 31.0 Å². The van der Waals surface area contributed by atoms with Crippen LogP contribution < -0.4 is 0 Å². The van der Waals surface area contributed by atoms with Gasteiger partial charge < -0.3 is 14.4 Å². The predicted molar refractivity (Wildman–Crippen MR) is 71.0 cm³/mol. The first-order chi connectivity index (χ1) is 9.18. The number of pyridine rings is 1. The number of likely N-dealkylation sites (tertiary alicyclic amines) is 1. The van der Waals surface area contributed by atoms with E-state index in [-0.39, 0.29) is 17.4 Å². The number of fused-ring (bicyclic) bond motifs is 1. The van der Waals surface area contributed by atoms with Gasteiger partial charge in [0.15, 0.2) is 0 Å². The van der Waals surface area contributed by atoms with E-state index in [4.69, 9.17) is 0 Å². The Balaban J connectivity index is 1.63. The third-order valence-electron chi connectivity index (χ3n) is 4.54. The number of rotatable bonds is 1. The van der Waals surface area contributed by atoms with E-state index in [0.29, 0.717) is 18.7 Å². The van der Waals surface area contributed by atoms with Crippen molar-refractivity contribution in [3.8, 4) is 0 Å². The lowest BCUT2D eigenvalue weighted by Gasteiger charge is -2.14. The molecule has 1 N–H and O–H groups in total. The van der Waals surface area contributed by atoms with Gasteiger partial charge in [0.1, 0.15) is 0 Å². The number of carbonyl (C=O) groups excluding carboxylic acids is 1. The third kappa shape index (κ3) is 1.60. The molecule has 4 heteroatoms. The van der Waals surface area contributed by atoms with Crippen molar-refractivity contribution in [1.29, 1.82) is 0 Å². The van der Waals surface area contributed by atoms with E-state index in [1.807, 2.05) is 41.1 Å². The number of aromatic nitrogens is 1. The number of nitrogens with zero attached hydrogens (tertiary/aromatic N) is 2. The van der Waals surface area contributed by atoms with Crippen LogP contribution in [0.3, 0.4) is 0 Å². The molecule has 19 heavy (non-hydrogen) atoms. The quantitative estimate of drug-likeness (QED) is 0.841. The van der Waals surface area contributed by atoms with Crippen molar-refractivity contribution in [2.24, 2.45) is 5.41 Å². The van der Waals surface area contributed by atoms with Gasteiger partial charge in [-0.1, -0.05) is 6.07 Å². The van der Waals surface area contributed by atoms with Crippen LogP contribution in [0.2, 0.25) is 0 Å². The summed E-state index contributed by atoms with van der Waals surface area (Å²) in [6, 6.07) is 7.80. The Morgan fingerprint density at radius 2 is 2.21 bits per heavy atom. The van der Waals surface area contributed by atoms with Crippen LogP contribution in [0.1, 0.15) is 23.2 Å². The lowest BCUT2D eigenvalue weighted by atomic mass is 10.0. The molecule has 1 saturated heterocycles. The number of carbonyl (C=O) groups is 1. The summed E-state index contributed by atoms with van der Waals surface area (Å²) in [5.74, 6) is 0.0338. The molecule has 1 unspecified atom stereocenters. The minimum absolute atomic E-state index is 0.0226. The second-order valence-electron chi connectivity index (χ2n) is 5.83. The molecule has 1 atom stereocenters. The van der Waals surface area contributed by atoms with E-state index in [2.05, 4.69) is 0 Å². The van der Waals surface area contributed by atoms with Gasteiger partial charge in [-0.3, -0.25) is 4.79 Å². The van der Waals surface area contributed by atoms with Crippen LogP contribution in [0, 0.1) is 5.41 Å². The highest BCUT2D eigenvalue weighted by molar-refractivity contribution is 5.96. The Morgan fingerprint density at radius 3 is 2.89 bits per heavy atom. The Labute approximate surface area is 111 Å². The molecule has 0 bridgehead atoms. The smallest absolute Gasteiger partial charge is 0.255 e. The SMILES string of the molecule is O=C(c1cc2ccccn2c1)N1CC(O)C2(CC2)C1. The highest BCUT2D eigenvalue weighted by atomic mass is 16.3. The van der Waals surface area contributed by atoms with Crippen molar-refractivity contribution in [3.63, 3.8) is 0 Å². The average molecular weight is 256 g/mol. The van der Waals surface area contributed by atoms with Gasteiger partial charge >= 0.3 is 0 Å². The summed E-state index contributed by atoms with van der Waals surface area (Å²) in [6.45, 7) is 1.18. The maximum absolute atomic E-state index is 12.5. The molecular weight excluding hydrogens is 240 g/mol. The number of aliphatic hydroxyl groups excluding tert-OH is 1. The zero-order valence-electron chi connectivity index (χ0n) is 10.6. The predicted octanol–water partition coefficient (Wildman–Crippen LogP) is 1.54. The third-order valence-corrected chi connectivity index (χ3v) is 4.54. The average Bonchev–Trinajstić information content (AvgIpc) is 2.95. The molecule has 1 aliphatic carbocycles. The largest absolute Gasteiger partial charge is 0.391 e. The molecule has 0 radical (unpaired) electrons. The van der Waals surface area contributed by atoms with E-state index < -0.39 is 0 Å². The topological polar surface area (TPSA) is 45.0 Å². The summed E-state index contributed by atoms with van der Waals surface area (Å²) >= 11 is 0. The number of amides is 1. The molecule has 1 spiro atoms. The zero-order valence-corrected chi connectivity index (χ0v) is 10.6.